The summed E-state index contributed by atoms with van der Waals surface area (Å²) >= 11 is 0. The Morgan fingerprint density at radius 3 is 2.92 bits per heavy atom. The normalized spacial score (nSPS) is 12.5. The Bertz CT molecular complexity index is 244. The Balaban J connectivity index is 2.53. The second-order valence-corrected chi connectivity index (χ2v) is 2.58. The molecule has 1 aromatic rings. The van der Waals surface area contributed by atoms with E-state index >= 15 is 0 Å². The molecule has 1 unspecified atom stereocenters. The van der Waals surface area contributed by atoms with Crippen molar-refractivity contribution in [1.82, 2.24) is 4.98 Å². The molecule has 0 aliphatic carbocycles. The number of aromatic nitrogens is 1. The van der Waals surface area contributed by atoms with Crippen LogP contribution in [-0.4, -0.2) is 30.5 Å². The zero-order chi connectivity index (χ0) is 9.68. The van der Waals surface area contributed by atoms with Gasteiger partial charge in [-0.3, -0.25) is 4.98 Å². The van der Waals surface area contributed by atoms with E-state index in [-0.39, 0.29) is 0 Å². The average Bonchev–Trinajstić information content (AvgIpc) is 2.19. The van der Waals surface area contributed by atoms with Gasteiger partial charge in [-0.2, -0.15) is 0 Å². The Morgan fingerprint density at radius 1 is 1.62 bits per heavy atom. The van der Waals surface area contributed by atoms with Crippen LogP contribution in [0.4, 0.5) is 0 Å². The molecule has 0 aliphatic rings. The lowest BCUT2D eigenvalue weighted by atomic mass is 9.81. The third kappa shape index (κ3) is 3.14. The summed E-state index contributed by atoms with van der Waals surface area (Å²) in [4.78, 5) is 3.86. The molecule has 0 aromatic carbocycles. The Kier molecular flexibility index (Phi) is 3.88. The number of rotatable bonds is 4. The van der Waals surface area contributed by atoms with Crippen molar-refractivity contribution in [3.8, 4) is 0 Å². The molecule has 5 heteroatoms. The van der Waals surface area contributed by atoms with Gasteiger partial charge in [-0.25, -0.2) is 0 Å². The van der Waals surface area contributed by atoms with Crippen molar-refractivity contribution in [2.75, 3.05) is 7.11 Å². The van der Waals surface area contributed by atoms with Crippen LogP contribution >= 0.6 is 0 Å². The van der Waals surface area contributed by atoms with Gasteiger partial charge in [-0.1, -0.05) is 6.07 Å². The van der Waals surface area contributed by atoms with Crippen molar-refractivity contribution >= 4 is 12.6 Å². The van der Waals surface area contributed by atoms with Gasteiger partial charge in [0.15, 0.2) is 0 Å². The molecule has 0 fully saturated rings. The highest BCUT2D eigenvalue weighted by Crippen LogP contribution is 1.93. The fourth-order valence-electron chi connectivity index (χ4n) is 0.838. The van der Waals surface area contributed by atoms with E-state index < -0.39 is 13.4 Å². The average molecular weight is 181 g/mol. The lowest BCUT2D eigenvalue weighted by Crippen LogP contribution is -2.37. The second kappa shape index (κ2) is 4.96. The summed E-state index contributed by atoms with van der Waals surface area (Å²) in [6.07, 6.45) is 2.75. The minimum absolute atomic E-state index is 0.435. The Morgan fingerprint density at radius 2 is 2.38 bits per heavy atom. The molecule has 0 saturated heterocycles. The largest absolute Gasteiger partial charge is 0.494 e. The molecule has 0 amide bonds. The first kappa shape index (κ1) is 10.2. The summed E-state index contributed by atoms with van der Waals surface area (Å²) in [6, 6.07) is 3.47. The molecule has 4 nitrogen and oxygen atoms in total. The van der Waals surface area contributed by atoms with Crippen LogP contribution in [0.25, 0.3) is 0 Å². The predicted molar refractivity (Wildman–Crippen MR) is 49.4 cm³/mol. The molecule has 13 heavy (non-hydrogen) atoms. The molecular weight excluding hydrogens is 169 g/mol. The molecule has 0 radical (unpaired) electrons. The fraction of sp³-hybridized carbons (Fsp3) is 0.375. The van der Waals surface area contributed by atoms with Gasteiger partial charge in [0, 0.05) is 25.0 Å². The Labute approximate surface area is 77.7 Å². The van der Waals surface area contributed by atoms with Crippen LogP contribution in [0, 0.1) is 0 Å². The van der Waals surface area contributed by atoms with Gasteiger partial charge < -0.3 is 14.4 Å². The van der Waals surface area contributed by atoms with Crippen molar-refractivity contribution in [2.45, 2.75) is 13.2 Å². The van der Waals surface area contributed by atoms with Crippen molar-refractivity contribution in [3.63, 3.8) is 0 Å². The maximum Gasteiger partial charge on any atom is 0.494 e. The SMILES string of the molecule is COC(C)OB(O)c1cccnc1. The van der Waals surface area contributed by atoms with Gasteiger partial charge >= 0.3 is 7.12 Å². The van der Waals surface area contributed by atoms with E-state index in [2.05, 4.69) is 4.98 Å². The highest BCUT2D eigenvalue weighted by Gasteiger charge is 2.18. The van der Waals surface area contributed by atoms with Crippen molar-refractivity contribution in [3.05, 3.63) is 24.5 Å². The van der Waals surface area contributed by atoms with Gasteiger partial charge in [-0.15, -0.1) is 0 Å². The fourth-order valence-corrected chi connectivity index (χ4v) is 0.838. The molecule has 1 heterocycles. The standard InChI is InChI=1S/C8H12BNO3/c1-7(12-2)13-9(11)8-4-3-5-10-6-8/h3-7,11H,1-2H3. The third-order valence-corrected chi connectivity index (χ3v) is 1.62. The lowest BCUT2D eigenvalue weighted by molar-refractivity contribution is -0.0484. The predicted octanol–water partition coefficient (Wildman–Crippen LogP) is -0.222. The monoisotopic (exact) mass is 181 g/mol. The molecule has 0 spiro atoms. The summed E-state index contributed by atoms with van der Waals surface area (Å²) in [5, 5.41) is 9.48. The summed E-state index contributed by atoms with van der Waals surface area (Å²) in [5.74, 6) is 0. The van der Waals surface area contributed by atoms with Crippen LogP contribution in [0.3, 0.4) is 0 Å². The summed E-state index contributed by atoms with van der Waals surface area (Å²) < 4.78 is 9.92. The van der Waals surface area contributed by atoms with Gasteiger partial charge in [0.05, 0.1) is 0 Å². The third-order valence-electron chi connectivity index (χ3n) is 1.62. The van der Waals surface area contributed by atoms with E-state index in [1.807, 2.05) is 0 Å². The minimum atomic E-state index is -0.983. The number of hydrogen-bond acceptors (Lipinski definition) is 4. The zero-order valence-corrected chi connectivity index (χ0v) is 7.68. The minimum Gasteiger partial charge on any atom is -0.423 e. The van der Waals surface area contributed by atoms with Crippen LogP contribution < -0.4 is 5.46 Å². The quantitative estimate of drug-likeness (QED) is 0.515. The molecule has 0 saturated carbocycles. The van der Waals surface area contributed by atoms with E-state index in [1.165, 1.54) is 7.11 Å². The summed E-state index contributed by atoms with van der Waals surface area (Å²) in [5.41, 5.74) is 0.617. The first-order valence-corrected chi connectivity index (χ1v) is 4.00. The smallest absolute Gasteiger partial charge is 0.423 e. The van der Waals surface area contributed by atoms with Crippen molar-refractivity contribution < 1.29 is 14.4 Å². The van der Waals surface area contributed by atoms with E-state index in [1.54, 1.807) is 31.5 Å². The van der Waals surface area contributed by atoms with Crippen LogP contribution in [0.5, 0.6) is 0 Å². The number of methoxy groups -OCH3 is 1. The van der Waals surface area contributed by atoms with E-state index in [0.29, 0.717) is 5.46 Å². The van der Waals surface area contributed by atoms with Crippen molar-refractivity contribution in [2.24, 2.45) is 0 Å². The molecule has 0 bridgehead atoms. The van der Waals surface area contributed by atoms with Crippen LogP contribution in [-0.2, 0) is 9.39 Å². The maximum atomic E-state index is 9.48. The molecule has 1 rings (SSSR count). The molecule has 0 aliphatic heterocycles. The lowest BCUT2D eigenvalue weighted by Gasteiger charge is -2.13. The number of ether oxygens (including phenoxy) is 1. The summed E-state index contributed by atoms with van der Waals surface area (Å²) in [6.45, 7) is 1.71. The van der Waals surface area contributed by atoms with Crippen molar-refractivity contribution in [1.29, 1.82) is 0 Å². The molecular formula is C8H12BNO3. The van der Waals surface area contributed by atoms with Crippen LogP contribution in [0.15, 0.2) is 24.5 Å². The Hall–Kier alpha value is -0.905. The van der Waals surface area contributed by atoms with Crippen LogP contribution in [0.2, 0.25) is 0 Å². The zero-order valence-electron chi connectivity index (χ0n) is 7.68. The van der Waals surface area contributed by atoms with E-state index in [0.717, 1.165) is 0 Å². The topological polar surface area (TPSA) is 51.6 Å². The van der Waals surface area contributed by atoms with E-state index in [4.69, 9.17) is 9.39 Å². The highest BCUT2D eigenvalue weighted by molar-refractivity contribution is 6.59. The molecule has 1 aromatic heterocycles. The number of pyridine rings is 1. The van der Waals surface area contributed by atoms with Gasteiger partial charge in [0.1, 0.15) is 6.29 Å². The second-order valence-electron chi connectivity index (χ2n) is 2.58. The summed E-state index contributed by atoms with van der Waals surface area (Å²) in [7, 11) is 0.532. The maximum absolute atomic E-state index is 9.48. The molecule has 70 valence electrons. The van der Waals surface area contributed by atoms with Gasteiger partial charge in [0.25, 0.3) is 0 Å². The molecule has 1 N–H and O–H groups in total. The van der Waals surface area contributed by atoms with E-state index in [9.17, 15) is 5.02 Å². The molecule has 1 atom stereocenters. The number of hydrogen-bond donors (Lipinski definition) is 1. The first-order valence-electron chi connectivity index (χ1n) is 4.00. The van der Waals surface area contributed by atoms with Crippen LogP contribution in [0.1, 0.15) is 6.92 Å². The highest BCUT2D eigenvalue weighted by atomic mass is 16.7. The van der Waals surface area contributed by atoms with Gasteiger partial charge in [0.2, 0.25) is 0 Å². The first-order chi connectivity index (χ1) is 6.24. The number of nitrogens with zero attached hydrogens (tertiary/aromatic N) is 1. The van der Waals surface area contributed by atoms with Gasteiger partial charge in [-0.05, 0) is 13.0 Å².